The lowest BCUT2D eigenvalue weighted by Crippen LogP contribution is -2.46. The third-order valence-corrected chi connectivity index (χ3v) is 5.06. The maximum atomic E-state index is 12.1. The molecule has 1 fully saturated rings. The first-order valence-corrected chi connectivity index (χ1v) is 10.6. The van der Waals surface area contributed by atoms with Gasteiger partial charge in [0, 0.05) is 38.5 Å². The van der Waals surface area contributed by atoms with E-state index in [0.717, 1.165) is 24.2 Å². The molecule has 0 bridgehead atoms. The maximum absolute atomic E-state index is 12.1. The fourth-order valence-electron chi connectivity index (χ4n) is 3.37. The van der Waals surface area contributed by atoms with E-state index in [1.54, 1.807) is 18.9 Å². The molecule has 3 amide bonds. The largest absolute Gasteiger partial charge is 0.497 e. The van der Waals surface area contributed by atoms with Crippen LogP contribution in [-0.2, 0) is 20.7 Å². The number of ether oxygens (including phenoxy) is 2. The van der Waals surface area contributed by atoms with E-state index in [2.05, 4.69) is 10.6 Å². The molecule has 2 N–H and O–H groups in total. The number of hydrogen-bond donors (Lipinski definition) is 2. The molecular weight excluding hydrogens is 386 g/mol. The first-order valence-electron chi connectivity index (χ1n) is 10.6. The molecule has 0 saturated carbocycles. The van der Waals surface area contributed by atoms with Gasteiger partial charge in [-0.05, 0) is 50.3 Å². The molecule has 0 aromatic heterocycles. The summed E-state index contributed by atoms with van der Waals surface area (Å²) in [4.78, 5) is 37.4. The molecule has 1 aliphatic rings. The first-order chi connectivity index (χ1) is 14.5. The summed E-state index contributed by atoms with van der Waals surface area (Å²) in [5, 5.41) is 5.88. The second-order valence-electron chi connectivity index (χ2n) is 7.33. The Hall–Kier alpha value is -2.77. The number of methoxy groups -OCH3 is 1. The highest BCUT2D eigenvalue weighted by Crippen LogP contribution is 2.14. The van der Waals surface area contributed by atoms with Gasteiger partial charge in [-0.25, -0.2) is 4.79 Å². The van der Waals surface area contributed by atoms with Gasteiger partial charge in [0.25, 0.3) is 0 Å². The number of carbonyl (C=O) groups excluding carboxylic acids is 3. The average molecular weight is 420 g/mol. The summed E-state index contributed by atoms with van der Waals surface area (Å²) in [7, 11) is 1.62. The number of nitrogens with zero attached hydrogens (tertiary/aromatic N) is 1. The van der Waals surface area contributed by atoms with Gasteiger partial charge >= 0.3 is 6.09 Å². The zero-order chi connectivity index (χ0) is 21.8. The van der Waals surface area contributed by atoms with Crippen molar-refractivity contribution in [2.24, 2.45) is 0 Å². The van der Waals surface area contributed by atoms with Gasteiger partial charge in [-0.2, -0.15) is 0 Å². The monoisotopic (exact) mass is 419 g/mol. The van der Waals surface area contributed by atoms with Crippen molar-refractivity contribution in [3.05, 3.63) is 29.8 Å². The van der Waals surface area contributed by atoms with Crippen molar-refractivity contribution in [2.75, 3.05) is 33.4 Å². The molecule has 0 aliphatic carbocycles. The predicted octanol–water partition coefficient (Wildman–Crippen LogP) is 2.26. The number of carbonyl (C=O) groups is 3. The Labute approximate surface area is 178 Å². The van der Waals surface area contributed by atoms with Crippen molar-refractivity contribution in [3.63, 3.8) is 0 Å². The Bertz CT molecular complexity index is 702. The highest BCUT2D eigenvalue weighted by Gasteiger charge is 2.24. The first kappa shape index (κ1) is 23.5. The van der Waals surface area contributed by atoms with Crippen LogP contribution in [0.2, 0.25) is 0 Å². The molecule has 0 unspecified atom stereocenters. The van der Waals surface area contributed by atoms with Gasteiger partial charge in [-0.1, -0.05) is 12.1 Å². The van der Waals surface area contributed by atoms with Crippen LogP contribution in [-0.4, -0.2) is 62.2 Å². The highest BCUT2D eigenvalue weighted by molar-refractivity contribution is 5.77. The summed E-state index contributed by atoms with van der Waals surface area (Å²) in [6.45, 7) is 3.81. The average Bonchev–Trinajstić information content (AvgIpc) is 2.76. The molecule has 1 aromatic carbocycles. The zero-order valence-corrected chi connectivity index (χ0v) is 17.9. The van der Waals surface area contributed by atoms with Gasteiger partial charge in [0.15, 0.2) is 0 Å². The topological polar surface area (TPSA) is 97.0 Å². The van der Waals surface area contributed by atoms with Gasteiger partial charge in [-0.15, -0.1) is 0 Å². The van der Waals surface area contributed by atoms with Crippen LogP contribution in [0.3, 0.4) is 0 Å². The Balaban J connectivity index is 1.54. The molecular formula is C22H33N3O5. The molecule has 1 heterocycles. The molecule has 1 aliphatic heterocycles. The van der Waals surface area contributed by atoms with Crippen molar-refractivity contribution in [2.45, 2.75) is 51.5 Å². The van der Waals surface area contributed by atoms with Crippen molar-refractivity contribution in [1.82, 2.24) is 15.5 Å². The van der Waals surface area contributed by atoms with E-state index in [-0.39, 0.29) is 23.9 Å². The predicted molar refractivity (Wildman–Crippen MR) is 113 cm³/mol. The smallest absolute Gasteiger partial charge is 0.409 e. The Morgan fingerprint density at radius 1 is 1.13 bits per heavy atom. The second-order valence-corrected chi connectivity index (χ2v) is 7.33. The quantitative estimate of drug-likeness (QED) is 0.567. The molecule has 0 radical (unpaired) electrons. The van der Waals surface area contributed by atoms with Gasteiger partial charge in [0.2, 0.25) is 11.8 Å². The van der Waals surface area contributed by atoms with Crippen molar-refractivity contribution in [3.8, 4) is 5.75 Å². The molecule has 0 atom stereocenters. The zero-order valence-electron chi connectivity index (χ0n) is 17.9. The number of piperidine rings is 1. The SMILES string of the molecule is CCOC(=O)N1CCC(NC(=O)CCCNC(=O)CCc2cccc(OC)c2)CC1. The van der Waals surface area contributed by atoms with E-state index in [1.807, 2.05) is 24.3 Å². The Morgan fingerprint density at radius 2 is 1.90 bits per heavy atom. The van der Waals surface area contributed by atoms with Crippen LogP contribution in [0.25, 0.3) is 0 Å². The van der Waals surface area contributed by atoms with Crippen LogP contribution in [0.4, 0.5) is 4.79 Å². The summed E-state index contributed by atoms with van der Waals surface area (Å²) >= 11 is 0. The van der Waals surface area contributed by atoms with E-state index in [1.165, 1.54) is 0 Å². The molecule has 2 rings (SSSR count). The van der Waals surface area contributed by atoms with E-state index < -0.39 is 0 Å². The summed E-state index contributed by atoms with van der Waals surface area (Å²) in [6.07, 6.45) is 3.18. The van der Waals surface area contributed by atoms with Crippen LogP contribution in [0, 0.1) is 0 Å². The number of rotatable bonds is 10. The Morgan fingerprint density at radius 3 is 2.60 bits per heavy atom. The minimum Gasteiger partial charge on any atom is -0.497 e. The summed E-state index contributed by atoms with van der Waals surface area (Å²) in [5.74, 6) is 0.741. The third kappa shape index (κ3) is 8.31. The van der Waals surface area contributed by atoms with Gasteiger partial charge in [0.05, 0.1) is 13.7 Å². The fourth-order valence-corrected chi connectivity index (χ4v) is 3.37. The van der Waals surface area contributed by atoms with Crippen LogP contribution in [0.1, 0.15) is 44.6 Å². The van der Waals surface area contributed by atoms with Crippen molar-refractivity contribution >= 4 is 17.9 Å². The Kier molecular flexibility index (Phi) is 9.97. The van der Waals surface area contributed by atoms with E-state index in [4.69, 9.17) is 9.47 Å². The second kappa shape index (κ2) is 12.7. The number of nitrogens with one attached hydrogen (secondary N) is 2. The molecule has 8 nitrogen and oxygen atoms in total. The lowest BCUT2D eigenvalue weighted by atomic mass is 10.1. The standard InChI is InChI=1S/C22H33N3O5/c1-3-30-22(28)25-14-11-18(12-15-25)24-21(27)8-5-13-23-20(26)10-9-17-6-4-7-19(16-17)29-2/h4,6-7,16,18H,3,5,8-15H2,1-2H3,(H,23,26)(H,24,27). The molecule has 30 heavy (non-hydrogen) atoms. The van der Waals surface area contributed by atoms with Gasteiger partial charge < -0.3 is 25.0 Å². The third-order valence-electron chi connectivity index (χ3n) is 5.06. The van der Waals surface area contributed by atoms with Crippen LogP contribution < -0.4 is 15.4 Å². The summed E-state index contributed by atoms with van der Waals surface area (Å²) in [5.41, 5.74) is 1.05. The van der Waals surface area contributed by atoms with Crippen LogP contribution in [0.15, 0.2) is 24.3 Å². The number of hydrogen-bond acceptors (Lipinski definition) is 5. The van der Waals surface area contributed by atoms with Crippen molar-refractivity contribution in [1.29, 1.82) is 0 Å². The minimum absolute atomic E-state index is 0.0183. The molecule has 0 spiro atoms. The summed E-state index contributed by atoms with van der Waals surface area (Å²) in [6, 6.07) is 7.76. The minimum atomic E-state index is -0.288. The number of likely N-dealkylation sites (tertiary alicyclic amines) is 1. The number of amides is 3. The normalized spacial score (nSPS) is 14.1. The molecule has 8 heteroatoms. The maximum Gasteiger partial charge on any atom is 0.409 e. The summed E-state index contributed by atoms with van der Waals surface area (Å²) < 4.78 is 10.2. The fraction of sp³-hybridized carbons (Fsp3) is 0.591. The lowest BCUT2D eigenvalue weighted by molar-refractivity contribution is -0.123. The molecule has 1 aromatic rings. The molecule has 166 valence electrons. The number of aryl methyl sites for hydroxylation is 1. The van der Waals surface area contributed by atoms with Gasteiger partial charge in [0.1, 0.15) is 5.75 Å². The van der Waals surface area contributed by atoms with E-state index in [0.29, 0.717) is 51.9 Å². The molecule has 1 saturated heterocycles. The van der Waals surface area contributed by atoms with Crippen LogP contribution in [0.5, 0.6) is 5.75 Å². The highest BCUT2D eigenvalue weighted by atomic mass is 16.6. The number of benzene rings is 1. The van der Waals surface area contributed by atoms with Crippen LogP contribution >= 0.6 is 0 Å². The van der Waals surface area contributed by atoms with E-state index >= 15 is 0 Å². The van der Waals surface area contributed by atoms with E-state index in [9.17, 15) is 14.4 Å². The van der Waals surface area contributed by atoms with Gasteiger partial charge in [-0.3, -0.25) is 9.59 Å². The van der Waals surface area contributed by atoms with Crippen molar-refractivity contribution < 1.29 is 23.9 Å². The lowest BCUT2D eigenvalue weighted by Gasteiger charge is -2.31.